The number of halogens is 8. The summed E-state index contributed by atoms with van der Waals surface area (Å²) in [5.41, 5.74) is -11.3. The summed E-state index contributed by atoms with van der Waals surface area (Å²) in [6, 6.07) is 8.85. The lowest BCUT2D eigenvalue weighted by molar-refractivity contribution is -0.145. The monoisotopic (exact) mass is 656 g/mol. The highest BCUT2D eigenvalue weighted by Crippen LogP contribution is 2.57. The zero-order valence-corrected chi connectivity index (χ0v) is 22.8. The highest BCUT2D eigenvalue weighted by atomic mass is 19.4. The molecule has 2 aliphatic carbocycles. The van der Waals surface area contributed by atoms with Gasteiger partial charge in [0, 0.05) is 80.5 Å². The summed E-state index contributed by atoms with van der Waals surface area (Å²) in [6.07, 6.45) is -7.93. The molecule has 0 unspecified atom stereocenters. The van der Waals surface area contributed by atoms with Crippen molar-refractivity contribution in [2.24, 2.45) is 0 Å². The Hall–Kier alpha value is -7.28. The number of hydrogen-bond donors (Lipinski definition) is 0. The van der Waals surface area contributed by atoms with Crippen LogP contribution in [0.1, 0.15) is 45.0 Å². The average molecular weight is 656 g/mol. The maximum absolute atomic E-state index is 17.0. The third-order valence-electron chi connectivity index (χ3n) is 6.94. The van der Waals surface area contributed by atoms with Crippen molar-refractivity contribution in [3.8, 4) is 36.4 Å². The highest BCUT2D eigenvalue weighted by molar-refractivity contribution is 6.30. The van der Waals surface area contributed by atoms with Crippen LogP contribution in [0.2, 0.25) is 0 Å². The van der Waals surface area contributed by atoms with Gasteiger partial charge in [-0.05, 0) is 0 Å². The Balaban J connectivity index is 1.95. The zero-order chi connectivity index (χ0) is 35.3. The largest absolute Gasteiger partial charge is 0.451 e. The third kappa shape index (κ3) is 4.66. The van der Waals surface area contributed by atoms with Crippen LogP contribution in [0.4, 0.5) is 35.1 Å². The number of aromatic nitrogens is 4. The number of hydrogen-bond acceptors (Lipinski definition) is 10. The fourth-order valence-electron chi connectivity index (χ4n) is 5.16. The molecule has 10 nitrogen and oxygen atoms in total. The van der Waals surface area contributed by atoms with Gasteiger partial charge in [0.05, 0.1) is 11.1 Å². The number of nitriles is 6. The van der Waals surface area contributed by atoms with Crippen molar-refractivity contribution in [3.63, 3.8) is 0 Å². The van der Waals surface area contributed by atoms with Gasteiger partial charge in [-0.2, -0.15) is 57.9 Å². The molecule has 0 radical (unpaired) electrons. The highest BCUT2D eigenvalue weighted by Gasteiger charge is 2.45. The van der Waals surface area contributed by atoms with Crippen molar-refractivity contribution in [2.75, 3.05) is 0 Å². The first-order valence-corrected chi connectivity index (χ1v) is 12.4. The molecule has 48 heavy (non-hydrogen) atoms. The molecule has 1 aromatic carbocycles. The Morgan fingerprint density at radius 3 is 1.04 bits per heavy atom. The summed E-state index contributed by atoms with van der Waals surface area (Å²) < 4.78 is 113. The molecule has 0 atom stereocenters. The van der Waals surface area contributed by atoms with Crippen LogP contribution in [0.5, 0.6) is 0 Å². The second-order valence-electron chi connectivity index (χ2n) is 9.38. The van der Waals surface area contributed by atoms with Crippen molar-refractivity contribution < 1.29 is 35.1 Å². The van der Waals surface area contributed by atoms with Crippen LogP contribution in [0.15, 0.2) is 35.9 Å². The molecular weight excluding hydrogens is 652 g/mol. The summed E-state index contributed by atoms with van der Waals surface area (Å²) in [4.78, 5) is 12.6. The van der Waals surface area contributed by atoms with E-state index in [9.17, 15) is 57.9 Å². The van der Waals surface area contributed by atoms with Gasteiger partial charge >= 0.3 is 12.4 Å². The van der Waals surface area contributed by atoms with E-state index in [0.29, 0.717) is 24.8 Å². The van der Waals surface area contributed by atoms with Gasteiger partial charge in [0.25, 0.3) is 0 Å². The van der Waals surface area contributed by atoms with Crippen LogP contribution in [0.3, 0.4) is 0 Å². The van der Waals surface area contributed by atoms with Crippen molar-refractivity contribution in [3.05, 3.63) is 92.6 Å². The lowest BCUT2D eigenvalue weighted by atomic mass is 9.88. The van der Waals surface area contributed by atoms with E-state index in [1.165, 1.54) is 24.3 Å². The van der Waals surface area contributed by atoms with E-state index in [1.807, 2.05) is 0 Å². The smallest absolute Gasteiger partial charge is 0.232 e. The Morgan fingerprint density at radius 2 is 0.792 bits per heavy atom. The Labute approximate surface area is 261 Å². The molecule has 0 spiro atoms. The minimum absolute atomic E-state index is 0.489. The fourth-order valence-corrected chi connectivity index (χ4v) is 5.16. The van der Waals surface area contributed by atoms with Gasteiger partial charge in [0.2, 0.25) is 11.6 Å². The normalized spacial score (nSPS) is 13.5. The van der Waals surface area contributed by atoms with Crippen LogP contribution in [-0.2, 0) is 12.4 Å². The van der Waals surface area contributed by atoms with E-state index in [-0.39, 0.29) is 0 Å². The minimum atomic E-state index is -5.02. The number of allylic oxidation sites excluding steroid dienone is 8. The molecule has 5 rings (SSSR count). The predicted octanol–water partition coefficient (Wildman–Crippen LogP) is 6.08. The van der Waals surface area contributed by atoms with Crippen molar-refractivity contribution in [2.45, 2.75) is 12.4 Å². The molecule has 18 heteroatoms. The van der Waals surface area contributed by atoms with E-state index >= 15 is 8.78 Å². The number of rotatable bonds is 2. The third-order valence-corrected chi connectivity index (χ3v) is 6.94. The summed E-state index contributed by atoms with van der Waals surface area (Å²) in [6.45, 7) is 0. The summed E-state index contributed by atoms with van der Waals surface area (Å²) in [5, 5.41) is 59.2. The molecule has 230 valence electrons. The molecule has 0 aliphatic heterocycles. The molecule has 2 heterocycles. The van der Waals surface area contributed by atoms with Crippen LogP contribution in [0.25, 0.3) is 33.4 Å². The molecule has 0 amide bonds. The van der Waals surface area contributed by atoms with Gasteiger partial charge in [-0.25, -0.2) is 28.7 Å². The predicted molar refractivity (Wildman–Crippen MR) is 142 cm³/mol. The van der Waals surface area contributed by atoms with Gasteiger partial charge in [-0.15, -0.1) is 0 Å². The lowest BCUT2D eigenvalue weighted by Crippen LogP contribution is -2.11. The summed E-state index contributed by atoms with van der Waals surface area (Å²) >= 11 is 0. The van der Waals surface area contributed by atoms with Crippen molar-refractivity contribution >= 4 is 33.4 Å². The molecule has 0 N–H and O–H groups in total. The molecule has 0 saturated heterocycles. The van der Waals surface area contributed by atoms with Gasteiger partial charge in [0.1, 0.15) is 59.2 Å². The lowest BCUT2D eigenvalue weighted by Gasteiger charge is -2.14. The molecular formula is C30H4F8N10. The second-order valence-corrected chi connectivity index (χ2v) is 9.38. The molecule has 0 bridgehead atoms. The quantitative estimate of drug-likeness (QED) is 0.230. The molecule has 0 fully saturated rings. The van der Waals surface area contributed by atoms with Crippen LogP contribution in [-0.4, -0.2) is 19.9 Å². The van der Waals surface area contributed by atoms with Crippen LogP contribution >= 0.6 is 0 Å². The van der Waals surface area contributed by atoms with Crippen LogP contribution < -0.4 is 0 Å². The first-order chi connectivity index (χ1) is 22.7. The van der Waals surface area contributed by atoms with Crippen molar-refractivity contribution in [1.82, 2.24) is 19.9 Å². The number of nitrogens with zero attached hydrogens (tertiary/aromatic N) is 10. The van der Waals surface area contributed by atoms with E-state index in [2.05, 4.69) is 19.9 Å². The fraction of sp³-hybridized carbons (Fsp3) is 0.0667. The Morgan fingerprint density at radius 1 is 0.500 bits per heavy atom. The van der Waals surface area contributed by atoms with E-state index < -0.39 is 114 Å². The SMILES string of the molecule is N#CC(C#N)=C1C(c2cnc(C(F)(F)F)nc2)=C(C#N)c2c(F)c3c(c(F)c21)C(=C(C#N)C#N)C(c1cnc(C(F)(F)F)nc1)=C3C#N. The maximum Gasteiger partial charge on any atom is 0.451 e. The average Bonchev–Trinajstić information content (AvgIpc) is 3.59. The first kappa shape index (κ1) is 32.1. The summed E-state index contributed by atoms with van der Waals surface area (Å²) in [5.74, 6) is -6.46. The van der Waals surface area contributed by atoms with Gasteiger partial charge in [-0.3, -0.25) is 0 Å². The van der Waals surface area contributed by atoms with Crippen LogP contribution in [0, 0.1) is 79.6 Å². The number of alkyl halides is 6. The standard InChI is InChI=1S/C30H4F8N10/c31-25-21-15(5-43)17(13-7-45-27(46-8-13)29(33,34)35)19(11(1-39)2-40)23(21)26(32)24-20(12(3-41)4-42)18(16(6-44)22(24)25)14-9-47-28(48-10-14)30(36,37)38/h7-10H. The van der Waals surface area contributed by atoms with Gasteiger partial charge in [-0.1, -0.05) is 0 Å². The molecule has 2 aromatic heterocycles. The van der Waals surface area contributed by atoms with E-state index in [0.717, 1.165) is 0 Å². The van der Waals surface area contributed by atoms with Crippen molar-refractivity contribution in [1.29, 1.82) is 31.6 Å². The van der Waals surface area contributed by atoms with E-state index in [1.54, 1.807) is 12.1 Å². The van der Waals surface area contributed by atoms with E-state index in [4.69, 9.17) is 0 Å². The maximum atomic E-state index is 17.0. The number of fused-ring (bicyclic) bond motifs is 2. The Kier molecular flexibility index (Phi) is 7.54. The second kappa shape index (κ2) is 11.3. The summed E-state index contributed by atoms with van der Waals surface area (Å²) in [7, 11) is 0. The Bertz CT molecular complexity index is 2170. The topological polar surface area (TPSA) is 194 Å². The van der Waals surface area contributed by atoms with Gasteiger partial charge in [0.15, 0.2) is 0 Å². The zero-order valence-electron chi connectivity index (χ0n) is 22.8. The van der Waals surface area contributed by atoms with Gasteiger partial charge < -0.3 is 0 Å². The first-order valence-electron chi connectivity index (χ1n) is 12.4. The molecule has 2 aliphatic rings. The minimum Gasteiger partial charge on any atom is -0.232 e. The number of benzene rings is 1. The molecule has 0 saturated carbocycles. The molecule has 3 aromatic rings.